The molecule has 1 amide bonds. The van der Waals surface area contributed by atoms with Crippen LogP contribution >= 0.6 is 11.6 Å². The number of benzene rings is 2. The lowest BCUT2D eigenvalue weighted by atomic mass is 10.0. The van der Waals surface area contributed by atoms with Crippen molar-refractivity contribution in [2.75, 3.05) is 18.4 Å². The lowest BCUT2D eigenvalue weighted by Gasteiger charge is -2.25. The maximum Gasteiger partial charge on any atom is 0.259 e. The highest BCUT2D eigenvalue weighted by molar-refractivity contribution is 6.32. The molecule has 4 aromatic rings. The summed E-state index contributed by atoms with van der Waals surface area (Å²) in [7, 11) is 1.87. The van der Waals surface area contributed by atoms with Crippen LogP contribution in [0.5, 0.6) is 11.5 Å². The van der Waals surface area contributed by atoms with Crippen molar-refractivity contribution in [1.82, 2.24) is 20.1 Å². The molecule has 8 nitrogen and oxygen atoms in total. The lowest BCUT2D eigenvalue weighted by Crippen LogP contribution is -2.37. The first kappa shape index (κ1) is 24.8. The molecular formula is C28H28ClN5O3. The molecule has 2 aromatic heterocycles. The lowest BCUT2D eigenvalue weighted by molar-refractivity contribution is 0.101. The number of piperidine rings is 1. The van der Waals surface area contributed by atoms with Crippen molar-refractivity contribution < 1.29 is 14.3 Å². The number of hydrogen-bond acceptors (Lipinski definition) is 6. The molecule has 0 aliphatic carbocycles. The summed E-state index contributed by atoms with van der Waals surface area (Å²) in [5.74, 6) is 0.767. The summed E-state index contributed by atoms with van der Waals surface area (Å²) in [6.45, 7) is 2.02. The van der Waals surface area contributed by atoms with Crippen LogP contribution in [0.3, 0.4) is 0 Å². The molecule has 2 N–H and O–H groups in total. The number of anilines is 1. The van der Waals surface area contributed by atoms with Gasteiger partial charge in [0.15, 0.2) is 0 Å². The Bertz CT molecular complexity index is 1370. The zero-order valence-corrected chi connectivity index (χ0v) is 21.2. The van der Waals surface area contributed by atoms with E-state index >= 15 is 0 Å². The third kappa shape index (κ3) is 6.28. The van der Waals surface area contributed by atoms with E-state index in [4.69, 9.17) is 21.1 Å². The van der Waals surface area contributed by atoms with Crippen LogP contribution in [0.2, 0.25) is 5.02 Å². The molecule has 0 saturated carbocycles. The summed E-state index contributed by atoms with van der Waals surface area (Å²) >= 11 is 6.44. The second kappa shape index (κ2) is 11.5. The van der Waals surface area contributed by atoms with Gasteiger partial charge in [-0.25, -0.2) is 0 Å². The molecule has 1 aliphatic heterocycles. The second-order valence-corrected chi connectivity index (χ2v) is 9.32. The molecule has 37 heavy (non-hydrogen) atoms. The van der Waals surface area contributed by atoms with Crippen LogP contribution in [0.25, 0.3) is 11.1 Å². The topological polar surface area (TPSA) is 90.3 Å². The highest BCUT2D eigenvalue weighted by Crippen LogP contribution is 2.31. The average molecular weight is 518 g/mol. The number of amides is 1. The van der Waals surface area contributed by atoms with Gasteiger partial charge in [-0.3, -0.25) is 14.5 Å². The number of carbonyl (C=O) groups is 1. The van der Waals surface area contributed by atoms with Crippen molar-refractivity contribution in [3.8, 4) is 22.6 Å². The van der Waals surface area contributed by atoms with Gasteiger partial charge >= 0.3 is 0 Å². The minimum atomic E-state index is -0.283. The molecule has 9 heteroatoms. The second-order valence-electron chi connectivity index (χ2n) is 8.91. The smallest absolute Gasteiger partial charge is 0.259 e. The molecule has 0 unspecified atom stereocenters. The van der Waals surface area contributed by atoms with Gasteiger partial charge in [-0.2, -0.15) is 5.10 Å². The number of carbonyl (C=O) groups excluding carboxylic acids is 1. The molecule has 1 aliphatic rings. The standard InChI is InChI=1S/C28H28ClN5O3/c1-34-17-20(15-32-34)19-7-9-24(27(13-19)37-23-6-4-11-30-16-23)28(35)33-21-8-10-26(25(29)14-21)36-18-22-5-2-3-12-31-22/h2-3,5,7-10,12-15,17,23,30H,4,6,11,16,18H2,1H3,(H,33,35)/t23-/m1/s1. The first-order chi connectivity index (χ1) is 18.0. The number of nitrogens with one attached hydrogen (secondary N) is 2. The number of nitrogens with zero attached hydrogens (tertiary/aromatic N) is 3. The summed E-state index contributed by atoms with van der Waals surface area (Å²) in [5, 5.41) is 10.9. The molecule has 1 atom stereocenters. The largest absolute Gasteiger partial charge is 0.488 e. The van der Waals surface area contributed by atoms with Crippen molar-refractivity contribution in [1.29, 1.82) is 0 Å². The molecule has 0 spiro atoms. The van der Waals surface area contributed by atoms with Crippen LogP contribution in [-0.4, -0.2) is 39.9 Å². The Labute approximate surface area is 220 Å². The molecule has 0 radical (unpaired) electrons. The van der Waals surface area contributed by atoms with E-state index in [0.29, 0.717) is 34.4 Å². The zero-order chi connectivity index (χ0) is 25.6. The Morgan fingerprint density at radius 3 is 2.81 bits per heavy atom. The van der Waals surface area contributed by atoms with Crippen LogP contribution < -0.4 is 20.1 Å². The van der Waals surface area contributed by atoms with Crippen LogP contribution in [0, 0.1) is 0 Å². The molecular weight excluding hydrogens is 490 g/mol. The number of hydrogen-bond donors (Lipinski definition) is 2. The van der Waals surface area contributed by atoms with Gasteiger partial charge in [0.1, 0.15) is 24.2 Å². The van der Waals surface area contributed by atoms with Crippen molar-refractivity contribution in [2.24, 2.45) is 7.05 Å². The van der Waals surface area contributed by atoms with Gasteiger partial charge in [-0.15, -0.1) is 0 Å². The number of aryl methyl sites for hydroxylation is 1. The molecule has 1 fully saturated rings. The van der Waals surface area contributed by atoms with E-state index in [0.717, 1.165) is 42.8 Å². The Morgan fingerprint density at radius 2 is 2.08 bits per heavy atom. The molecule has 5 rings (SSSR count). The first-order valence-electron chi connectivity index (χ1n) is 12.2. The highest BCUT2D eigenvalue weighted by Gasteiger charge is 2.20. The SMILES string of the molecule is Cn1cc(-c2ccc(C(=O)Nc3ccc(OCc4ccccn4)c(Cl)c3)c(O[C@@H]3CCCNC3)c2)cn1. The van der Waals surface area contributed by atoms with Crippen molar-refractivity contribution >= 4 is 23.2 Å². The van der Waals surface area contributed by atoms with Gasteiger partial charge in [0.05, 0.1) is 22.5 Å². The predicted octanol–water partition coefficient (Wildman–Crippen LogP) is 5.10. The summed E-state index contributed by atoms with van der Waals surface area (Å²) in [4.78, 5) is 17.6. The highest BCUT2D eigenvalue weighted by atomic mass is 35.5. The minimum absolute atomic E-state index is 0.00516. The van der Waals surface area contributed by atoms with Gasteiger partial charge in [0, 0.05) is 37.2 Å². The van der Waals surface area contributed by atoms with Gasteiger partial charge in [0.2, 0.25) is 0 Å². The fourth-order valence-electron chi connectivity index (χ4n) is 4.19. The van der Waals surface area contributed by atoms with Gasteiger partial charge in [0.25, 0.3) is 5.91 Å². The first-order valence-corrected chi connectivity index (χ1v) is 12.6. The Morgan fingerprint density at radius 1 is 1.16 bits per heavy atom. The fourth-order valence-corrected chi connectivity index (χ4v) is 4.42. The number of ether oxygens (including phenoxy) is 2. The minimum Gasteiger partial charge on any atom is -0.488 e. The normalized spacial score (nSPS) is 15.2. The summed E-state index contributed by atoms with van der Waals surface area (Å²) in [5.41, 5.74) is 3.69. The van der Waals surface area contributed by atoms with Gasteiger partial charge in [-0.05, 0) is 67.4 Å². The van der Waals surface area contributed by atoms with E-state index in [1.807, 2.05) is 43.6 Å². The monoisotopic (exact) mass is 517 g/mol. The number of aromatic nitrogens is 3. The van der Waals surface area contributed by atoms with E-state index in [2.05, 4.69) is 20.7 Å². The number of rotatable bonds is 8. The summed E-state index contributed by atoms with van der Waals surface area (Å²) in [6.07, 6.45) is 7.39. The third-order valence-corrected chi connectivity index (χ3v) is 6.40. The maximum absolute atomic E-state index is 13.3. The van der Waals surface area contributed by atoms with Crippen LogP contribution in [-0.2, 0) is 13.7 Å². The fraction of sp³-hybridized carbons (Fsp3) is 0.250. The van der Waals surface area contributed by atoms with E-state index < -0.39 is 0 Å². The molecule has 3 heterocycles. The maximum atomic E-state index is 13.3. The molecule has 0 bridgehead atoms. The van der Waals surface area contributed by atoms with E-state index in [1.165, 1.54) is 0 Å². The van der Waals surface area contributed by atoms with Crippen LogP contribution in [0.15, 0.2) is 73.2 Å². The van der Waals surface area contributed by atoms with Crippen molar-refractivity contribution in [2.45, 2.75) is 25.6 Å². The molecule has 2 aromatic carbocycles. The molecule has 1 saturated heterocycles. The van der Waals surface area contributed by atoms with Crippen LogP contribution in [0.4, 0.5) is 5.69 Å². The van der Waals surface area contributed by atoms with Gasteiger partial charge in [-0.1, -0.05) is 23.7 Å². The summed E-state index contributed by atoms with van der Waals surface area (Å²) < 4.78 is 13.9. The Balaban J connectivity index is 1.33. The zero-order valence-electron chi connectivity index (χ0n) is 20.5. The van der Waals surface area contributed by atoms with E-state index in [9.17, 15) is 4.79 Å². The van der Waals surface area contributed by atoms with E-state index in [1.54, 1.807) is 41.3 Å². The summed E-state index contributed by atoms with van der Waals surface area (Å²) in [6, 6.07) is 16.4. The average Bonchev–Trinajstić information content (AvgIpc) is 3.35. The van der Waals surface area contributed by atoms with E-state index in [-0.39, 0.29) is 12.0 Å². The third-order valence-electron chi connectivity index (χ3n) is 6.10. The predicted molar refractivity (Wildman–Crippen MR) is 143 cm³/mol. The molecule has 190 valence electrons. The number of pyridine rings is 1. The van der Waals surface area contributed by atoms with Crippen LogP contribution in [0.1, 0.15) is 28.9 Å². The Hall–Kier alpha value is -3.88. The number of halogens is 1. The van der Waals surface area contributed by atoms with Crippen molar-refractivity contribution in [3.63, 3.8) is 0 Å². The Kier molecular flexibility index (Phi) is 7.67. The quantitative estimate of drug-likeness (QED) is 0.338. The van der Waals surface area contributed by atoms with Crippen molar-refractivity contribution in [3.05, 3.63) is 89.5 Å². The van der Waals surface area contributed by atoms with Gasteiger partial charge < -0.3 is 20.1 Å².